The molecule has 2 aromatic carbocycles. The maximum atomic E-state index is 12.7. The van der Waals surface area contributed by atoms with Gasteiger partial charge in [-0.1, -0.05) is 36.4 Å². The molecule has 0 fully saturated rings. The number of hydrogen-bond acceptors (Lipinski definition) is 5. The van der Waals surface area contributed by atoms with Crippen LogP contribution in [0.5, 0.6) is 5.75 Å². The first-order chi connectivity index (χ1) is 15.2. The van der Waals surface area contributed by atoms with Crippen molar-refractivity contribution in [2.75, 3.05) is 6.61 Å². The lowest BCUT2D eigenvalue weighted by molar-refractivity contribution is 0.0954. The molecule has 1 amide bonds. The van der Waals surface area contributed by atoms with Crippen molar-refractivity contribution in [1.82, 2.24) is 15.3 Å². The molecule has 154 valence electrons. The number of hydrogen-bond donors (Lipinski definition) is 1. The molecule has 5 rings (SSSR count). The first-order valence-corrected chi connectivity index (χ1v) is 11.0. The number of carbonyl (C=O) groups is 1. The molecule has 31 heavy (non-hydrogen) atoms. The van der Waals surface area contributed by atoms with Crippen molar-refractivity contribution in [1.29, 1.82) is 0 Å². The van der Waals surface area contributed by atoms with Gasteiger partial charge in [-0.2, -0.15) is 0 Å². The molecule has 2 aromatic heterocycles. The number of benzene rings is 2. The number of amides is 1. The molecular weight excluding hydrogens is 406 g/mol. The zero-order valence-electron chi connectivity index (χ0n) is 17.1. The first kappa shape index (κ1) is 19.5. The minimum Gasteiger partial charge on any atom is -0.493 e. The molecule has 0 saturated heterocycles. The molecule has 3 heterocycles. The van der Waals surface area contributed by atoms with Crippen molar-refractivity contribution >= 4 is 17.2 Å². The van der Waals surface area contributed by atoms with Crippen LogP contribution in [-0.2, 0) is 13.0 Å². The summed E-state index contributed by atoms with van der Waals surface area (Å²) in [6, 6.07) is 20.3. The fraction of sp³-hybridized carbons (Fsp3) is 0.160. The number of aromatic nitrogens is 2. The highest BCUT2D eigenvalue weighted by Gasteiger charge is 2.17. The van der Waals surface area contributed by atoms with Crippen LogP contribution in [0.1, 0.15) is 26.5 Å². The molecule has 5 nitrogen and oxygen atoms in total. The van der Waals surface area contributed by atoms with E-state index in [9.17, 15) is 4.79 Å². The Morgan fingerprint density at radius 3 is 2.74 bits per heavy atom. The topological polar surface area (TPSA) is 64.1 Å². The van der Waals surface area contributed by atoms with Gasteiger partial charge in [0.1, 0.15) is 15.6 Å². The lowest BCUT2D eigenvalue weighted by Crippen LogP contribution is -2.22. The fourth-order valence-electron chi connectivity index (χ4n) is 3.65. The van der Waals surface area contributed by atoms with Gasteiger partial charge in [-0.15, -0.1) is 11.3 Å². The van der Waals surface area contributed by atoms with Crippen molar-refractivity contribution < 1.29 is 9.53 Å². The second kappa shape index (κ2) is 8.32. The average Bonchev–Trinajstić information content (AvgIpc) is 3.44. The van der Waals surface area contributed by atoms with Gasteiger partial charge in [-0.3, -0.25) is 9.78 Å². The van der Waals surface area contributed by atoms with Crippen molar-refractivity contribution in [3.8, 4) is 27.6 Å². The monoisotopic (exact) mass is 427 g/mol. The second-order valence-corrected chi connectivity index (χ2v) is 8.45. The zero-order chi connectivity index (χ0) is 21.2. The van der Waals surface area contributed by atoms with E-state index in [1.807, 2.05) is 31.2 Å². The summed E-state index contributed by atoms with van der Waals surface area (Å²) in [6.45, 7) is 3.09. The number of pyridine rings is 1. The Kier molecular flexibility index (Phi) is 5.22. The van der Waals surface area contributed by atoms with Gasteiger partial charge in [0.25, 0.3) is 5.91 Å². The number of nitrogens with one attached hydrogen (secondary N) is 1. The molecule has 4 aromatic rings. The summed E-state index contributed by atoms with van der Waals surface area (Å²) in [7, 11) is 0. The van der Waals surface area contributed by atoms with Gasteiger partial charge in [0.05, 0.1) is 18.0 Å². The van der Waals surface area contributed by atoms with Crippen molar-refractivity contribution in [2.24, 2.45) is 0 Å². The van der Waals surface area contributed by atoms with Gasteiger partial charge in [-0.05, 0) is 53.4 Å². The Balaban J connectivity index is 1.25. The second-order valence-electron chi connectivity index (χ2n) is 7.45. The standard InChI is InChI=1S/C25H21N3O2S/c1-16-23(31-25(28-16)21-4-2-3-12-26-21)24(29)27-15-17-5-7-18(8-6-17)19-9-10-22-20(14-19)11-13-30-22/h2-10,12,14H,11,13,15H2,1H3,(H,27,29). The molecular formula is C25H21N3O2S. The highest BCUT2D eigenvalue weighted by Crippen LogP contribution is 2.30. The number of rotatable bonds is 5. The summed E-state index contributed by atoms with van der Waals surface area (Å²) in [6.07, 6.45) is 2.69. The highest BCUT2D eigenvalue weighted by atomic mass is 32.1. The molecule has 6 heteroatoms. The first-order valence-electron chi connectivity index (χ1n) is 10.2. The Bertz CT molecular complexity index is 1230. The van der Waals surface area contributed by atoms with E-state index in [4.69, 9.17) is 4.74 Å². The third kappa shape index (κ3) is 4.07. The predicted octanol–water partition coefficient (Wildman–Crippen LogP) is 5.05. The van der Waals surface area contributed by atoms with Gasteiger partial charge in [-0.25, -0.2) is 4.98 Å². The van der Waals surface area contributed by atoms with E-state index >= 15 is 0 Å². The fourth-order valence-corrected chi connectivity index (χ4v) is 4.61. The number of aryl methyl sites for hydroxylation is 1. The van der Waals surface area contributed by atoms with Crippen LogP contribution in [0.25, 0.3) is 21.8 Å². The third-order valence-corrected chi connectivity index (χ3v) is 6.50. The van der Waals surface area contributed by atoms with Crippen LogP contribution in [0.2, 0.25) is 0 Å². The van der Waals surface area contributed by atoms with E-state index < -0.39 is 0 Å². The van der Waals surface area contributed by atoms with Crippen molar-refractivity contribution in [2.45, 2.75) is 19.9 Å². The van der Waals surface area contributed by atoms with E-state index in [0.717, 1.165) is 46.3 Å². The lowest BCUT2D eigenvalue weighted by Gasteiger charge is -2.07. The van der Waals surface area contributed by atoms with E-state index in [1.165, 1.54) is 22.5 Å². The molecule has 0 spiro atoms. The van der Waals surface area contributed by atoms with Crippen LogP contribution >= 0.6 is 11.3 Å². The molecule has 0 radical (unpaired) electrons. The van der Waals surface area contributed by atoms with E-state index in [-0.39, 0.29) is 5.91 Å². The Hall–Kier alpha value is -3.51. The van der Waals surface area contributed by atoms with Gasteiger partial charge in [0.2, 0.25) is 0 Å². The molecule has 1 aliphatic heterocycles. The summed E-state index contributed by atoms with van der Waals surface area (Å²) in [5.41, 5.74) is 6.15. The SMILES string of the molecule is Cc1nc(-c2ccccn2)sc1C(=O)NCc1ccc(-c2ccc3c(c2)CCO3)cc1. The van der Waals surface area contributed by atoms with Crippen LogP contribution in [-0.4, -0.2) is 22.5 Å². The molecule has 0 bridgehead atoms. The summed E-state index contributed by atoms with van der Waals surface area (Å²) >= 11 is 1.37. The third-order valence-electron chi connectivity index (χ3n) is 5.32. The minimum atomic E-state index is -0.111. The van der Waals surface area contributed by atoms with Crippen LogP contribution < -0.4 is 10.1 Å². The van der Waals surface area contributed by atoms with Crippen molar-refractivity contribution in [3.05, 3.63) is 88.6 Å². The summed E-state index contributed by atoms with van der Waals surface area (Å²) in [5.74, 6) is 0.882. The van der Waals surface area contributed by atoms with Gasteiger partial charge < -0.3 is 10.1 Å². The molecule has 0 aliphatic carbocycles. The molecule has 1 N–H and O–H groups in total. The van der Waals surface area contributed by atoms with E-state index in [1.54, 1.807) is 6.20 Å². The van der Waals surface area contributed by atoms with Crippen LogP contribution in [0.4, 0.5) is 0 Å². The van der Waals surface area contributed by atoms with Gasteiger partial charge in [0, 0.05) is 19.2 Å². The van der Waals surface area contributed by atoms with Crippen molar-refractivity contribution in [3.63, 3.8) is 0 Å². The highest BCUT2D eigenvalue weighted by molar-refractivity contribution is 7.17. The maximum absolute atomic E-state index is 12.7. The normalized spacial score (nSPS) is 12.3. The largest absolute Gasteiger partial charge is 0.493 e. The average molecular weight is 428 g/mol. The maximum Gasteiger partial charge on any atom is 0.263 e. The molecule has 0 atom stereocenters. The summed E-state index contributed by atoms with van der Waals surface area (Å²) in [5, 5.41) is 3.77. The zero-order valence-corrected chi connectivity index (χ0v) is 17.9. The summed E-state index contributed by atoms with van der Waals surface area (Å²) < 4.78 is 5.59. The number of nitrogens with zero attached hydrogens (tertiary/aromatic N) is 2. The van der Waals surface area contributed by atoms with E-state index in [0.29, 0.717) is 11.4 Å². The Labute approximate surface area is 184 Å². The molecule has 1 aliphatic rings. The number of carbonyl (C=O) groups excluding carboxylic acids is 1. The predicted molar refractivity (Wildman–Crippen MR) is 122 cm³/mol. The number of thiazole rings is 1. The molecule has 0 saturated carbocycles. The lowest BCUT2D eigenvalue weighted by atomic mass is 10.0. The van der Waals surface area contributed by atoms with Crippen LogP contribution in [0.15, 0.2) is 66.9 Å². The number of fused-ring (bicyclic) bond motifs is 1. The number of ether oxygens (including phenoxy) is 1. The van der Waals surface area contributed by atoms with Gasteiger partial charge >= 0.3 is 0 Å². The van der Waals surface area contributed by atoms with Gasteiger partial charge in [0.15, 0.2) is 0 Å². The minimum absolute atomic E-state index is 0.111. The Morgan fingerprint density at radius 1 is 1.10 bits per heavy atom. The van der Waals surface area contributed by atoms with Crippen LogP contribution in [0, 0.1) is 6.92 Å². The smallest absolute Gasteiger partial charge is 0.263 e. The van der Waals surface area contributed by atoms with E-state index in [2.05, 4.69) is 51.7 Å². The molecule has 0 unspecified atom stereocenters. The summed E-state index contributed by atoms with van der Waals surface area (Å²) in [4.78, 5) is 22.2. The van der Waals surface area contributed by atoms with Crippen LogP contribution in [0.3, 0.4) is 0 Å². The quantitative estimate of drug-likeness (QED) is 0.484. The Morgan fingerprint density at radius 2 is 1.94 bits per heavy atom.